The SMILES string of the molecule is CCn1ncc(NC(=O)C(C)Cn2nc(C)c([N+](=O)[O-])c2C)c1C(=O)Nc1cnn(C)c1C. The van der Waals surface area contributed by atoms with Gasteiger partial charge in [-0.25, -0.2) is 0 Å². The molecule has 0 fully saturated rings. The number of aromatic nitrogens is 6. The van der Waals surface area contributed by atoms with E-state index in [0.717, 1.165) is 5.69 Å². The highest BCUT2D eigenvalue weighted by Crippen LogP contribution is 2.24. The third-order valence-electron chi connectivity index (χ3n) is 5.52. The molecule has 2 amide bonds. The van der Waals surface area contributed by atoms with Crippen LogP contribution in [0.5, 0.6) is 0 Å². The first-order valence-electron chi connectivity index (χ1n) is 10.4. The van der Waals surface area contributed by atoms with Gasteiger partial charge in [0.25, 0.3) is 5.91 Å². The van der Waals surface area contributed by atoms with Crippen LogP contribution >= 0.6 is 0 Å². The fourth-order valence-electron chi connectivity index (χ4n) is 3.49. The minimum Gasteiger partial charge on any atom is -0.322 e. The Morgan fingerprint density at radius 2 is 1.76 bits per heavy atom. The summed E-state index contributed by atoms with van der Waals surface area (Å²) in [6.45, 7) is 9.06. The zero-order valence-corrected chi connectivity index (χ0v) is 19.4. The van der Waals surface area contributed by atoms with Crippen LogP contribution < -0.4 is 10.6 Å². The second kappa shape index (κ2) is 9.22. The number of amides is 2. The van der Waals surface area contributed by atoms with Crippen LogP contribution in [0, 0.1) is 36.8 Å². The summed E-state index contributed by atoms with van der Waals surface area (Å²) >= 11 is 0. The van der Waals surface area contributed by atoms with E-state index in [4.69, 9.17) is 0 Å². The van der Waals surface area contributed by atoms with Gasteiger partial charge in [-0.2, -0.15) is 15.3 Å². The molecule has 3 aromatic rings. The minimum atomic E-state index is -0.580. The smallest absolute Gasteiger partial charge is 0.312 e. The van der Waals surface area contributed by atoms with Gasteiger partial charge in [0.05, 0.1) is 46.8 Å². The largest absolute Gasteiger partial charge is 0.322 e. The third-order valence-corrected chi connectivity index (χ3v) is 5.52. The molecule has 3 heterocycles. The Bertz CT molecular complexity index is 1220. The van der Waals surface area contributed by atoms with E-state index in [1.807, 2.05) is 13.8 Å². The molecule has 1 atom stereocenters. The predicted molar refractivity (Wildman–Crippen MR) is 120 cm³/mol. The van der Waals surface area contributed by atoms with Crippen molar-refractivity contribution in [1.29, 1.82) is 0 Å². The second-order valence-corrected chi connectivity index (χ2v) is 7.79. The zero-order valence-electron chi connectivity index (χ0n) is 19.4. The van der Waals surface area contributed by atoms with Gasteiger partial charge < -0.3 is 10.6 Å². The molecule has 0 aromatic carbocycles. The maximum absolute atomic E-state index is 13.0. The van der Waals surface area contributed by atoms with Gasteiger partial charge in [-0.1, -0.05) is 6.92 Å². The van der Waals surface area contributed by atoms with Crippen LogP contribution in [-0.2, 0) is 24.9 Å². The summed E-state index contributed by atoms with van der Waals surface area (Å²) in [5, 5.41) is 29.3. The highest BCUT2D eigenvalue weighted by atomic mass is 16.6. The van der Waals surface area contributed by atoms with Crippen molar-refractivity contribution < 1.29 is 14.5 Å². The number of hydrogen-bond donors (Lipinski definition) is 2. The number of nitro groups is 1. The van der Waals surface area contributed by atoms with Crippen molar-refractivity contribution in [1.82, 2.24) is 29.3 Å². The Morgan fingerprint density at radius 3 is 2.30 bits per heavy atom. The molecule has 13 nitrogen and oxygen atoms in total. The molecule has 176 valence electrons. The molecule has 0 aliphatic rings. The number of carbonyl (C=O) groups excluding carboxylic acids is 2. The summed E-state index contributed by atoms with van der Waals surface area (Å²) < 4.78 is 4.58. The summed E-state index contributed by atoms with van der Waals surface area (Å²) in [5.74, 6) is -1.38. The van der Waals surface area contributed by atoms with Crippen molar-refractivity contribution in [3.63, 3.8) is 0 Å². The fraction of sp³-hybridized carbons (Fsp3) is 0.450. The standard InChI is InChI=1S/C20H27N9O4/c1-7-27-18(20(31)23-15-8-21-26(6)13(15)4)16(9-22-27)24-19(30)11(2)10-28-14(5)17(29(32)33)12(3)25-28/h8-9,11H,7,10H2,1-6H3,(H,23,31)(H,24,30). The number of aryl methyl sites for hydroxylation is 3. The Morgan fingerprint density at radius 1 is 1.09 bits per heavy atom. The van der Waals surface area contributed by atoms with Gasteiger partial charge in [0, 0.05) is 13.6 Å². The van der Waals surface area contributed by atoms with Gasteiger partial charge in [-0.3, -0.25) is 33.7 Å². The molecule has 0 radical (unpaired) electrons. The lowest BCUT2D eigenvalue weighted by atomic mass is 10.1. The van der Waals surface area contributed by atoms with Crippen molar-refractivity contribution in [3.8, 4) is 0 Å². The molecule has 33 heavy (non-hydrogen) atoms. The molecular weight excluding hydrogens is 430 g/mol. The van der Waals surface area contributed by atoms with Gasteiger partial charge in [0.15, 0.2) is 0 Å². The maximum atomic E-state index is 13.0. The summed E-state index contributed by atoms with van der Waals surface area (Å²) in [7, 11) is 1.77. The molecule has 0 saturated carbocycles. The first-order valence-corrected chi connectivity index (χ1v) is 10.4. The monoisotopic (exact) mass is 457 g/mol. The van der Waals surface area contributed by atoms with E-state index in [9.17, 15) is 19.7 Å². The highest BCUT2D eigenvalue weighted by molar-refractivity contribution is 6.09. The van der Waals surface area contributed by atoms with E-state index in [1.54, 1.807) is 38.7 Å². The number of nitrogens with one attached hydrogen (secondary N) is 2. The minimum absolute atomic E-state index is 0.0588. The lowest BCUT2D eigenvalue weighted by Crippen LogP contribution is -2.27. The molecule has 0 aliphatic heterocycles. The van der Waals surface area contributed by atoms with Crippen molar-refractivity contribution in [2.24, 2.45) is 13.0 Å². The molecule has 0 saturated heterocycles. The third kappa shape index (κ3) is 4.61. The Balaban J connectivity index is 1.78. The van der Waals surface area contributed by atoms with Crippen molar-refractivity contribution in [3.05, 3.63) is 45.3 Å². The van der Waals surface area contributed by atoms with Crippen molar-refractivity contribution >= 4 is 28.9 Å². The Labute approximate surface area is 189 Å². The first kappa shape index (κ1) is 23.6. The van der Waals surface area contributed by atoms with Gasteiger partial charge in [-0.15, -0.1) is 0 Å². The molecule has 2 N–H and O–H groups in total. The number of nitrogens with zero attached hydrogens (tertiary/aromatic N) is 7. The molecule has 0 spiro atoms. The summed E-state index contributed by atoms with van der Waals surface area (Å²) in [6, 6.07) is 0. The second-order valence-electron chi connectivity index (χ2n) is 7.79. The summed E-state index contributed by atoms with van der Waals surface area (Å²) in [6.07, 6.45) is 2.97. The average molecular weight is 457 g/mol. The van der Waals surface area contributed by atoms with Gasteiger partial charge in [0.1, 0.15) is 17.1 Å². The molecule has 0 bridgehead atoms. The van der Waals surface area contributed by atoms with Gasteiger partial charge >= 0.3 is 5.69 Å². The average Bonchev–Trinajstić information content (AvgIpc) is 3.39. The Kier molecular flexibility index (Phi) is 6.60. The van der Waals surface area contributed by atoms with Crippen LogP contribution in [0.3, 0.4) is 0 Å². The number of carbonyl (C=O) groups is 2. The summed E-state index contributed by atoms with van der Waals surface area (Å²) in [5.41, 5.74) is 2.43. The molecule has 0 aliphatic carbocycles. The lowest BCUT2D eigenvalue weighted by molar-refractivity contribution is -0.386. The fourth-order valence-corrected chi connectivity index (χ4v) is 3.49. The topological polar surface area (TPSA) is 155 Å². The van der Waals surface area contributed by atoms with Crippen molar-refractivity contribution in [2.75, 3.05) is 10.6 Å². The molecule has 3 rings (SSSR count). The molecule has 13 heteroatoms. The lowest BCUT2D eigenvalue weighted by Gasteiger charge is -2.14. The van der Waals surface area contributed by atoms with Crippen LogP contribution in [0.4, 0.5) is 17.1 Å². The molecular formula is C20H27N9O4. The molecule has 3 aromatic heterocycles. The Hall–Kier alpha value is -4.03. The summed E-state index contributed by atoms with van der Waals surface area (Å²) in [4.78, 5) is 36.6. The van der Waals surface area contributed by atoms with E-state index in [-0.39, 0.29) is 29.5 Å². The van der Waals surface area contributed by atoms with Gasteiger partial charge in [0.2, 0.25) is 5.91 Å². The number of rotatable bonds is 8. The quantitative estimate of drug-likeness (QED) is 0.388. The van der Waals surface area contributed by atoms with Crippen LogP contribution in [-0.4, -0.2) is 46.1 Å². The first-order chi connectivity index (χ1) is 15.5. The van der Waals surface area contributed by atoms with E-state index in [2.05, 4.69) is 25.9 Å². The van der Waals surface area contributed by atoms with Crippen LogP contribution in [0.1, 0.15) is 41.4 Å². The number of anilines is 2. The maximum Gasteiger partial charge on any atom is 0.312 e. The highest BCUT2D eigenvalue weighted by Gasteiger charge is 2.26. The normalized spacial score (nSPS) is 11.9. The van der Waals surface area contributed by atoms with Gasteiger partial charge in [-0.05, 0) is 27.7 Å². The van der Waals surface area contributed by atoms with Crippen LogP contribution in [0.2, 0.25) is 0 Å². The van der Waals surface area contributed by atoms with E-state index < -0.39 is 16.7 Å². The van der Waals surface area contributed by atoms with E-state index in [1.165, 1.54) is 15.6 Å². The van der Waals surface area contributed by atoms with Crippen LogP contribution in [0.25, 0.3) is 0 Å². The zero-order chi connectivity index (χ0) is 24.4. The van der Waals surface area contributed by atoms with Crippen LogP contribution in [0.15, 0.2) is 12.4 Å². The number of hydrogen-bond acceptors (Lipinski definition) is 7. The van der Waals surface area contributed by atoms with E-state index >= 15 is 0 Å². The molecule has 1 unspecified atom stereocenters. The van der Waals surface area contributed by atoms with Crippen molar-refractivity contribution in [2.45, 2.75) is 47.7 Å². The predicted octanol–water partition coefficient (Wildman–Crippen LogP) is 2.19. The van der Waals surface area contributed by atoms with E-state index in [0.29, 0.717) is 23.6 Å².